The fraction of sp³-hybridized carbons (Fsp3) is 0.196. The van der Waals surface area contributed by atoms with Gasteiger partial charge < -0.3 is 37.2 Å². The van der Waals surface area contributed by atoms with Gasteiger partial charge in [-0.25, -0.2) is 0 Å². The van der Waals surface area contributed by atoms with E-state index in [4.69, 9.17) is 0 Å². The van der Waals surface area contributed by atoms with Crippen LogP contribution in [0.1, 0.15) is 72.3 Å². The first-order valence-corrected chi connectivity index (χ1v) is 20.8. The third-order valence-corrected chi connectivity index (χ3v) is 16.7. The predicted molar refractivity (Wildman–Crippen MR) is 227 cm³/mol. The molecule has 0 nitrogen and oxygen atoms in total. The Morgan fingerprint density at radius 1 is 0.357 bits per heavy atom. The predicted octanol–water partition coefficient (Wildman–Crippen LogP) is 0.724. The van der Waals surface area contributed by atoms with Gasteiger partial charge in [0.1, 0.15) is 0 Å². The fourth-order valence-electron chi connectivity index (χ4n) is 8.16. The Morgan fingerprint density at radius 3 is 0.804 bits per heavy atom. The van der Waals surface area contributed by atoms with Gasteiger partial charge in [0, 0.05) is 0 Å². The van der Waals surface area contributed by atoms with Crippen molar-refractivity contribution >= 4 is 28.8 Å². The fourth-order valence-corrected chi connectivity index (χ4v) is 13.5. The van der Waals surface area contributed by atoms with Crippen LogP contribution < -0.4 is 58.0 Å². The van der Waals surface area contributed by atoms with Crippen LogP contribution in [0.2, 0.25) is 0 Å². The van der Waals surface area contributed by atoms with Gasteiger partial charge in [0.15, 0.2) is 8.07 Å². The maximum atomic E-state index is 2.46. The molecule has 0 unspecified atom stereocenters. The zero-order valence-corrected chi connectivity index (χ0v) is 38.4. The molecule has 0 N–H and O–H groups in total. The summed E-state index contributed by atoms with van der Waals surface area (Å²) in [6.07, 6.45) is 2.80. The molecule has 284 valence electrons. The van der Waals surface area contributed by atoms with E-state index in [1.807, 2.05) is 0 Å². The van der Waals surface area contributed by atoms with Crippen molar-refractivity contribution in [2.75, 3.05) is 0 Å². The monoisotopic (exact) mass is 844 g/mol. The van der Waals surface area contributed by atoms with Crippen LogP contribution >= 0.6 is 0 Å². The minimum absolute atomic E-state index is 0. The van der Waals surface area contributed by atoms with E-state index in [9.17, 15) is 0 Å². The van der Waals surface area contributed by atoms with E-state index in [2.05, 4.69) is 194 Å². The van der Waals surface area contributed by atoms with Crippen molar-refractivity contribution in [1.29, 1.82) is 0 Å². The summed E-state index contributed by atoms with van der Waals surface area (Å²) in [6.45, 7) is 15.9. The summed E-state index contributed by atoms with van der Waals surface area (Å²) >= 11 is 0. The molecule has 0 bridgehead atoms. The summed E-state index contributed by atoms with van der Waals surface area (Å²) in [5, 5.41) is 5.86. The minimum atomic E-state index is -2.77. The molecule has 0 spiro atoms. The third-order valence-electron chi connectivity index (χ3n) is 11.6. The summed E-state index contributed by atoms with van der Waals surface area (Å²) in [5.41, 5.74) is 17.7. The minimum Gasteiger partial charge on any atom is -1.00 e. The maximum absolute atomic E-state index is 2.77. The Morgan fingerprint density at radius 2 is 0.589 bits per heavy atom. The van der Waals surface area contributed by atoms with Crippen molar-refractivity contribution in [3.8, 4) is 0 Å². The summed E-state index contributed by atoms with van der Waals surface area (Å²) in [6, 6.07) is 56.0. The molecule has 7 aromatic carbocycles. The normalized spacial score (nSPS) is 10.8. The Bertz CT molecular complexity index is 2040. The van der Waals surface area contributed by atoms with Crippen LogP contribution in [0.15, 0.2) is 146 Å². The molecule has 56 heavy (non-hydrogen) atoms. The van der Waals surface area contributed by atoms with Crippen molar-refractivity contribution in [2.24, 2.45) is 0 Å². The molecule has 0 saturated carbocycles. The number of aryl methyl sites for hydroxylation is 3. The van der Waals surface area contributed by atoms with Crippen LogP contribution in [-0.2, 0) is 41.0 Å². The molecule has 7 aromatic rings. The molecule has 0 fully saturated rings. The van der Waals surface area contributed by atoms with Gasteiger partial charge in [-0.05, 0) is 89.0 Å². The molecular formula is C51H51Cl3SiTi. The van der Waals surface area contributed by atoms with Crippen molar-refractivity contribution < 1.29 is 58.9 Å². The van der Waals surface area contributed by atoms with E-state index in [1.165, 1.54) is 87.9 Å². The van der Waals surface area contributed by atoms with Gasteiger partial charge in [0.2, 0.25) is 0 Å². The summed E-state index contributed by atoms with van der Waals surface area (Å²) in [7, 11) is -2.77. The molecule has 0 aromatic heterocycles. The number of benzene rings is 6. The second-order valence-corrected chi connectivity index (χ2v) is 18.9. The van der Waals surface area contributed by atoms with Gasteiger partial charge in [-0.2, -0.15) is 27.4 Å². The van der Waals surface area contributed by atoms with Gasteiger partial charge >= 0.3 is 21.7 Å². The first kappa shape index (κ1) is 46.9. The number of hydrogen-bond donors (Lipinski definition) is 0. The smallest absolute Gasteiger partial charge is 1.00 e. The van der Waals surface area contributed by atoms with E-state index in [1.54, 1.807) is 5.19 Å². The van der Waals surface area contributed by atoms with Crippen molar-refractivity contribution in [1.82, 2.24) is 0 Å². The van der Waals surface area contributed by atoms with E-state index < -0.39 is 8.07 Å². The van der Waals surface area contributed by atoms with Gasteiger partial charge in [-0.3, -0.25) is 0 Å². The molecule has 0 atom stereocenters. The summed E-state index contributed by atoms with van der Waals surface area (Å²) in [5.74, 6) is 0. The van der Waals surface area contributed by atoms with E-state index in [-0.39, 0.29) is 58.9 Å². The first-order valence-electron chi connectivity index (χ1n) is 18.8. The van der Waals surface area contributed by atoms with Crippen LogP contribution in [-0.4, -0.2) is 8.07 Å². The number of hydrogen-bond acceptors (Lipinski definition) is 0. The molecule has 5 heteroatoms. The standard InChI is InChI=1S/C51H51Si.3ClH.Ti/c1-35-8-14-42(15-9-35)32-45-20-26-48(27-21-45)52(51-40(6)38(4)39(5)41(51)7,49-28-22-46(23-29-49)33-43-16-10-36(2)11-17-43)50-30-24-47(25-31-50)34-44-18-12-37(3)13-19-44;;;;/h8-31H,32-34H2,1-7H3;3*1H;/q-1;;;;+4/p-3. The Labute approximate surface area is 370 Å². The maximum Gasteiger partial charge on any atom is 4.00 e. The molecule has 0 aliphatic heterocycles. The molecule has 0 amide bonds. The van der Waals surface area contributed by atoms with Crippen LogP contribution in [0.3, 0.4) is 0 Å². The molecular weight excluding hydrogens is 795 g/mol. The third kappa shape index (κ3) is 9.76. The van der Waals surface area contributed by atoms with Crippen LogP contribution in [0.4, 0.5) is 0 Å². The van der Waals surface area contributed by atoms with E-state index >= 15 is 0 Å². The van der Waals surface area contributed by atoms with Crippen LogP contribution in [0.5, 0.6) is 0 Å². The second kappa shape index (κ2) is 20.2. The average Bonchev–Trinajstić information content (AvgIpc) is 3.35. The van der Waals surface area contributed by atoms with Crippen molar-refractivity contribution in [3.63, 3.8) is 0 Å². The quantitative estimate of drug-likeness (QED) is 0.108. The molecule has 0 aliphatic rings. The van der Waals surface area contributed by atoms with Gasteiger partial charge in [0.05, 0.1) is 0 Å². The Kier molecular flexibility index (Phi) is 16.9. The SMILES string of the molecule is Cc1ccc(Cc2ccc([Si](c3ccc(Cc4ccc(C)cc4)cc3)(c3ccc(Cc4ccc(C)cc4)cc3)c3c(C)c(C)c(C)[c-]3C)cc2)cc1.[Cl-].[Cl-].[Cl-].[Ti+4]. The van der Waals surface area contributed by atoms with Gasteiger partial charge in [0.25, 0.3) is 0 Å². The Balaban J connectivity index is 0.00000210. The number of halogens is 3. The molecule has 0 radical (unpaired) electrons. The first-order chi connectivity index (χ1) is 25.1. The zero-order valence-electron chi connectivity index (χ0n) is 33.6. The number of rotatable bonds is 10. The average molecular weight is 846 g/mol. The molecule has 0 saturated heterocycles. The van der Waals surface area contributed by atoms with Crippen molar-refractivity contribution in [2.45, 2.75) is 67.7 Å². The van der Waals surface area contributed by atoms with Crippen LogP contribution in [0, 0.1) is 48.5 Å². The topological polar surface area (TPSA) is 0 Å². The van der Waals surface area contributed by atoms with E-state index in [0.29, 0.717) is 0 Å². The largest absolute Gasteiger partial charge is 4.00 e. The van der Waals surface area contributed by atoms with Gasteiger partial charge in [-0.15, -0.1) is 0 Å². The van der Waals surface area contributed by atoms with E-state index in [0.717, 1.165) is 19.3 Å². The molecule has 7 rings (SSSR count). The van der Waals surface area contributed by atoms with Crippen LogP contribution in [0.25, 0.3) is 0 Å². The van der Waals surface area contributed by atoms with Crippen molar-refractivity contribution in [3.05, 3.63) is 218 Å². The molecule has 0 aliphatic carbocycles. The molecule has 0 heterocycles. The summed E-state index contributed by atoms with van der Waals surface area (Å²) in [4.78, 5) is 0. The summed E-state index contributed by atoms with van der Waals surface area (Å²) < 4.78 is 0. The van der Waals surface area contributed by atoms with Gasteiger partial charge in [-0.1, -0.05) is 190 Å². The Hall–Kier alpha value is -3.53. The second-order valence-electron chi connectivity index (χ2n) is 15.2. The zero-order chi connectivity index (χ0) is 36.4.